The molecule has 1 aromatic rings. The minimum absolute atomic E-state index is 0.785. The lowest BCUT2D eigenvalue weighted by molar-refractivity contribution is 0.284. The summed E-state index contributed by atoms with van der Waals surface area (Å²) in [6.45, 7) is 6.52. The SMILES string of the molecule is CCc1cccc(OCCCC(C)CCN(C)C)c1. The third-order valence-corrected chi connectivity index (χ3v) is 3.49. The molecule has 0 aromatic heterocycles. The van der Waals surface area contributed by atoms with Crippen LogP contribution in [0.5, 0.6) is 5.75 Å². The van der Waals surface area contributed by atoms with Crippen molar-refractivity contribution in [2.45, 2.75) is 39.5 Å². The predicted molar refractivity (Wildman–Crippen MR) is 82.9 cm³/mol. The van der Waals surface area contributed by atoms with E-state index >= 15 is 0 Å². The second-order valence-electron chi connectivity index (χ2n) is 5.69. The molecular formula is C17H29NO. The van der Waals surface area contributed by atoms with E-state index in [-0.39, 0.29) is 0 Å². The van der Waals surface area contributed by atoms with Crippen LogP contribution in [-0.2, 0) is 6.42 Å². The molecule has 0 amide bonds. The number of hydrogen-bond donors (Lipinski definition) is 0. The molecule has 0 saturated heterocycles. The number of hydrogen-bond acceptors (Lipinski definition) is 2. The Balaban J connectivity index is 2.16. The summed E-state index contributed by atoms with van der Waals surface area (Å²) in [7, 11) is 4.27. The molecule has 0 aliphatic carbocycles. The van der Waals surface area contributed by atoms with Crippen LogP contribution in [0.25, 0.3) is 0 Å². The van der Waals surface area contributed by atoms with Crippen molar-refractivity contribution in [3.63, 3.8) is 0 Å². The zero-order valence-electron chi connectivity index (χ0n) is 13.0. The zero-order valence-corrected chi connectivity index (χ0v) is 13.0. The Kier molecular flexibility index (Phi) is 7.57. The molecule has 1 aromatic carbocycles. The molecule has 0 heterocycles. The Hall–Kier alpha value is -1.02. The van der Waals surface area contributed by atoms with Gasteiger partial charge in [0.15, 0.2) is 0 Å². The summed E-state index contributed by atoms with van der Waals surface area (Å²) in [4.78, 5) is 2.25. The van der Waals surface area contributed by atoms with Gasteiger partial charge in [-0.3, -0.25) is 0 Å². The van der Waals surface area contributed by atoms with Crippen molar-refractivity contribution in [1.82, 2.24) is 4.90 Å². The fourth-order valence-corrected chi connectivity index (χ4v) is 2.10. The van der Waals surface area contributed by atoms with Gasteiger partial charge in [-0.1, -0.05) is 26.0 Å². The molecule has 19 heavy (non-hydrogen) atoms. The first kappa shape index (κ1) is 16.0. The van der Waals surface area contributed by atoms with Gasteiger partial charge < -0.3 is 9.64 Å². The molecule has 0 saturated carbocycles. The smallest absolute Gasteiger partial charge is 0.119 e. The maximum Gasteiger partial charge on any atom is 0.119 e. The van der Waals surface area contributed by atoms with Crippen LogP contribution in [-0.4, -0.2) is 32.1 Å². The molecule has 2 heteroatoms. The maximum atomic E-state index is 5.81. The van der Waals surface area contributed by atoms with Crippen LogP contribution in [0.3, 0.4) is 0 Å². The summed E-state index contributed by atoms with van der Waals surface area (Å²) in [6.07, 6.45) is 4.74. The summed E-state index contributed by atoms with van der Waals surface area (Å²) in [5.74, 6) is 1.80. The fourth-order valence-electron chi connectivity index (χ4n) is 2.10. The van der Waals surface area contributed by atoms with E-state index in [0.29, 0.717) is 0 Å². The van der Waals surface area contributed by atoms with Crippen molar-refractivity contribution in [1.29, 1.82) is 0 Å². The summed E-state index contributed by atoms with van der Waals surface area (Å²) in [5, 5.41) is 0. The summed E-state index contributed by atoms with van der Waals surface area (Å²) in [6, 6.07) is 8.42. The highest BCUT2D eigenvalue weighted by molar-refractivity contribution is 5.28. The van der Waals surface area contributed by atoms with Crippen LogP contribution in [0.1, 0.15) is 38.7 Å². The van der Waals surface area contributed by atoms with Crippen molar-refractivity contribution in [3.8, 4) is 5.75 Å². The van der Waals surface area contributed by atoms with E-state index in [2.05, 4.69) is 57.1 Å². The number of rotatable bonds is 9. The van der Waals surface area contributed by atoms with E-state index < -0.39 is 0 Å². The molecule has 0 spiro atoms. The van der Waals surface area contributed by atoms with Crippen LogP contribution >= 0.6 is 0 Å². The van der Waals surface area contributed by atoms with Crippen LogP contribution < -0.4 is 4.74 Å². The number of aryl methyl sites for hydroxylation is 1. The molecule has 0 N–H and O–H groups in total. The van der Waals surface area contributed by atoms with Crippen molar-refractivity contribution in [3.05, 3.63) is 29.8 Å². The van der Waals surface area contributed by atoms with E-state index in [9.17, 15) is 0 Å². The Morgan fingerprint density at radius 3 is 2.68 bits per heavy atom. The summed E-state index contributed by atoms with van der Waals surface area (Å²) >= 11 is 0. The van der Waals surface area contributed by atoms with Crippen LogP contribution in [0.2, 0.25) is 0 Å². The normalized spacial score (nSPS) is 12.7. The van der Waals surface area contributed by atoms with Gasteiger partial charge in [-0.2, -0.15) is 0 Å². The van der Waals surface area contributed by atoms with Gasteiger partial charge in [-0.15, -0.1) is 0 Å². The minimum atomic E-state index is 0.785. The van der Waals surface area contributed by atoms with Crippen LogP contribution in [0, 0.1) is 5.92 Å². The van der Waals surface area contributed by atoms with Crippen LogP contribution in [0.4, 0.5) is 0 Å². The molecule has 1 rings (SSSR count). The average Bonchev–Trinajstić information content (AvgIpc) is 2.41. The standard InChI is InChI=1S/C17H29NO/c1-5-16-9-6-10-17(14-16)19-13-7-8-15(2)11-12-18(3)4/h6,9-10,14-15H,5,7-8,11-13H2,1-4H3. The van der Waals surface area contributed by atoms with Gasteiger partial charge in [0.1, 0.15) is 5.75 Å². The van der Waals surface area contributed by atoms with E-state index in [4.69, 9.17) is 4.74 Å². The summed E-state index contributed by atoms with van der Waals surface area (Å²) < 4.78 is 5.81. The molecule has 1 unspecified atom stereocenters. The molecule has 0 aliphatic rings. The van der Waals surface area contributed by atoms with Crippen molar-refractivity contribution < 1.29 is 4.74 Å². The minimum Gasteiger partial charge on any atom is -0.494 e. The molecule has 0 aliphatic heterocycles. The monoisotopic (exact) mass is 263 g/mol. The van der Waals surface area contributed by atoms with Gasteiger partial charge in [-0.25, -0.2) is 0 Å². The van der Waals surface area contributed by atoms with Gasteiger partial charge in [0.25, 0.3) is 0 Å². The second-order valence-corrected chi connectivity index (χ2v) is 5.69. The first-order chi connectivity index (χ1) is 9.11. The third-order valence-electron chi connectivity index (χ3n) is 3.49. The quantitative estimate of drug-likeness (QED) is 0.624. The lowest BCUT2D eigenvalue weighted by atomic mass is 10.0. The largest absolute Gasteiger partial charge is 0.494 e. The van der Waals surface area contributed by atoms with Gasteiger partial charge in [0.2, 0.25) is 0 Å². The maximum absolute atomic E-state index is 5.81. The molecule has 1 atom stereocenters. The van der Waals surface area contributed by atoms with Crippen molar-refractivity contribution >= 4 is 0 Å². The number of ether oxygens (including phenoxy) is 1. The first-order valence-corrected chi connectivity index (χ1v) is 7.48. The topological polar surface area (TPSA) is 12.5 Å². The van der Waals surface area contributed by atoms with E-state index in [1.54, 1.807) is 0 Å². The highest BCUT2D eigenvalue weighted by Gasteiger charge is 2.03. The Labute approximate surface area is 118 Å². The fraction of sp³-hybridized carbons (Fsp3) is 0.647. The van der Waals surface area contributed by atoms with Gasteiger partial charge in [0, 0.05) is 0 Å². The number of benzene rings is 1. The second kappa shape index (κ2) is 8.98. The zero-order chi connectivity index (χ0) is 14.1. The Morgan fingerprint density at radius 1 is 1.21 bits per heavy atom. The van der Waals surface area contributed by atoms with Crippen molar-refractivity contribution in [2.24, 2.45) is 5.92 Å². The van der Waals surface area contributed by atoms with E-state index in [0.717, 1.165) is 31.1 Å². The molecular weight excluding hydrogens is 234 g/mol. The van der Waals surface area contributed by atoms with Gasteiger partial charge in [0.05, 0.1) is 6.61 Å². The predicted octanol–water partition coefficient (Wildman–Crippen LogP) is 4.00. The number of nitrogens with zero attached hydrogens (tertiary/aromatic N) is 1. The molecule has 0 bridgehead atoms. The lowest BCUT2D eigenvalue weighted by Crippen LogP contribution is -2.15. The third kappa shape index (κ3) is 7.22. The Morgan fingerprint density at radius 2 is 2.00 bits per heavy atom. The first-order valence-electron chi connectivity index (χ1n) is 7.48. The average molecular weight is 263 g/mol. The van der Waals surface area contributed by atoms with Crippen molar-refractivity contribution in [2.75, 3.05) is 27.2 Å². The highest BCUT2D eigenvalue weighted by atomic mass is 16.5. The van der Waals surface area contributed by atoms with E-state index in [1.165, 1.54) is 24.9 Å². The summed E-state index contributed by atoms with van der Waals surface area (Å²) in [5.41, 5.74) is 1.34. The molecule has 0 fully saturated rings. The molecule has 0 radical (unpaired) electrons. The van der Waals surface area contributed by atoms with Crippen LogP contribution in [0.15, 0.2) is 24.3 Å². The van der Waals surface area contributed by atoms with Gasteiger partial charge >= 0.3 is 0 Å². The Bertz CT molecular complexity index is 349. The van der Waals surface area contributed by atoms with E-state index in [1.807, 2.05) is 0 Å². The molecule has 2 nitrogen and oxygen atoms in total. The molecule has 108 valence electrons. The lowest BCUT2D eigenvalue weighted by Gasteiger charge is -2.15. The van der Waals surface area contributed by atoms with Gasteiger partial charge in [-0.05, 0) is 69.9 Å². The highest BCUT2D eigenvalue weighted by Crippen LogP contribution is 2.15.